The number of benzene rings is 1. The van der Waals surface area contributed by atoms with E-state index < -0.39 is 17.4 Å². The number of aliphatic imine (C=N–C) groups is 1. The van der Waals surface area contributed by atoms with Crippen molar-refractivity contribution >= 4 is 23.3 Å². The molecule has 2 fully saturated rings. The molecule has 2 aliphatic heterocycles. The largest absolute Gasteiger partial charge is 0.449 e. The van der Waals surface area contributed by atoms with Crippen molar-refractivity contribution < 1.29 is 27.8 Å². The zero-order chi connectivity index (χ0) is 30.9. The molecule has 0 bridgehead atoms. The fourth-order valence-corrected chi connectivity index (χ4v) is 4.87. The van der Waals surface area contributed by atoms with Gasteiger partial charge in [-0.05, 0) is 65.3 Å². The molecule has 3 N–H and O–H groups in total. The molecule has 42 heavy (non-hydrogen) atoms. The fraction of sp³-hybridized carbons (Fsp3) is 0.600. The number of rotatable bonds is 11. The molecule has 0 saturated carbocycles. The van der Waals surface area contributed by atoms with E-state index in [1.165, 1.54) is 6.08 Å². The van der Waals surface area contributed by atoms with E-state index in [2.05, 4.69) is 32.5 Å². The van der Waals surface area contributed by atoms with Crippen LogP contribution in [-0.2, 0) is 10.3 Å². The number of piperazine rings is 1. The van der Waals surface area contributed by atoms with Gasteiger partial charge in [0.25, 0.3) is 0 Å². The van der Waals surface area contributed by atoms with E-state index in [1.54, 1.807) is 32.6 Å². The molecule has 0 unspecified atom stereocenters. The van der Waals surface area contributed by atoms with Crippen LogP contribution in [0.4, 0.5) is 29.3 Å². The van der Waals surface area contributed by atoms with E-state index in [9.17, 15) is 23.1 Å². The van der Waals surface area contributed by atoms with Crippen molar-refractivity contribution in [3.63, 3.8) is 0 Å². The molecule has 3 rings (SSSR count). The molecule has 2 aliphatic rings. The molecule has 0 atom stereocenters. The van der Waals surface area contributed by atoms with Crippen molar-refractivity contribution in [3.8, 4) is 0 Å². The van der Waals surface area contributed by atoms with Crippen molar-refractivity contribution in [2.24, 2.45) is 4.99 Å². The number of aliphatic hydroxyl groups is 1. The molecule has 1 aromatic rings. The lowest BCUT2D eigenvalue weighted by Gasteiger charge is -2.35. The summed E-state index contributed by atoms with van der Waals surface area (Å²) >= 11 is 0. The standard InChI is InChI=1S/C30H45F3N6O3/c1-6-9-26(34-12-7-13-39-14-8-19-42-28(39)40)25(30(31,32)33)21-35-22(2)36-27-11-10-23(20-24(27)29(3,4)41)38-17-15-37(5)16-18-38/h9-11,20-21,34,41H,6-8,12-19H2,1-5H3,(H,35,36)/b25-21+,26-9-. The normalized spacial score (nSPS) is 18.3. The van der Waals surface area contributed by atoms with Gasteiger partial charge in [0.05, 0.1) is 17.8 Å². The molecule has 0 spiro atoms. The minimum Gasteiger partial charge on any atom is -0.449 e. The summed E-state index contributed by atoms with van der Waals surface area (Å²) in [7, 11) is 2.08. The smallest absolute Gasteiger partial charge is 0.419 e. The van der Waals surface area contributed by atoms with Gasteiger partial charge in [0.1, 0.15) is 5.84 Å². The number of ether oxygens (including phenoxy) is 1. The van der Waals surface area contributed by atoms with Crippen LogP contribution in [0.2, 0.25) is 0 Å². The third kappa shape index (κ3) is 9.65. The Kier molecular flexibility index (Phi) is 11.7. The van der Waals surface area contributed by atoms with E-state index >= 15 is 0 Å². The molecule has 2 saturated heterocycles. The number of hydrogen-bond donors (Lipinski definition) is 3. The number of likely N-dealkylation sites (N-methyl/N-ethyl adjacent to an activating group) is 1. The van der Waals surface area contributed by atoms with Gasteiger partial charge < -0.3 is 35.2 Å². The van der Waals surface area contributed by atoms with Crippen LogP contribution in [0.5, 0.6) is 0 Å². The lowest BCUT2D eigenvalue weighted by Crippen LogP contribution is -2.44. The summed E-state index contributed by atoms with van der Waals surface area (Å²) in [6.45, 7) is 11.9. The molecule has 234 valence electrons. The lowest BCUT2D eigenvalue weighted by molar-refractivity contribution is -0.0900. The molecule has 1 amide bonds. The first-order valence-corrected chi connectivity index (χ1v) is 14.5. The van der Waals surface area contributed by atoms with Crippen molar-refractivity contribution in [1.82, 2.24) is 15.1 Å². The average molecular weight is 595 g/mol. The summed E-state index contributed by atoms with van der Waals surface area (Å²) in [4.78, 5) is 22.0. The number of nitrogens with zero attached hydrogens (tertiary/aromatic N) is 4. The first-order chi connectivity index (χ1) is 19.8. The Morgan fingerprint density at radius 2 is 1.88 bits per heavy atom. The van der Waals surface area contributed by atoms with E-state index in [-0.39, 0.29) is 24.2 Å². The van der Waals surface area contributed by atoms with Gasteiger partial charge >= 0.3 is 12.3 Å². The summed E-state index contributed by atoms with van der Waals surface area (Å²) in [6.07, 6.45) is -1.13. The molecule has 12 heteroatoms. The second kappa shape index (κ2) is 14.8. The molecule has 1 aromatic carbocycles. The van der Waals surface area contributed by atoms with Crippen molar-refractivity contribution in [2.45, 2.75) is 58.7 Å². The van der Waals surface area contributed by atoms with Crippen LogP contribution in [0.25, 0.3) is 0 Å². The zero-order valence-corrected chi connectivity index (χ0v) is 25.4. The molecular weight excluding hydrogens is 549 g/mol. The molecule has 9 nitrogen and oxygen atoms in total. The van der Waals surface area contributed by atoms with Crippen molar-refractivity contribution in [1.29, 1.82) is 0 Å². The van der Waals surface area contributed by atoms with E-state index in [4.69, 9.17) is 4.74 Å². The summed E-state index contributed by atoms with van der Waals surface area (Å²) in [5.41, 5.74) is 0.0376. The van der Waals surface area contributed by atoms with E-state index in [1.807, 2.05) is 18.2 Å². The highest BCUT2D eigenvalue weighted by atomic mass is 19.4. The van der Waals surface area contributed by atoms with Gasteiger partial charge in [-0.2, -0.15) is 13.2 Å². The number of allylic oxidation sites excluding steroid dienone is 2. The number of anilines is 2. The predicted octanol–water partition coefficient (Wildman–Crippen LogP) is 5.06. The van der Waals surface area contributed by atoms with Gasteiger partial charge in [-0.1, -0.05) is 13.0 Å². The number of nitrogens with one attached hydrogen (secondary N) is 2. The van der Waals surface area contributed by atoms with Crippen molar-refractivity contribution in [3.05, 3.63) is 47.3 Å². The Labute approximate surface area is 247 Å². The average Bonchev–Trinajstić information content (AvgIpc) is 2.91. The Hall–Kier alpha value is -3.25. The van der Waals surface area contributed by atoms with Gasteiger partial charge in [0.2, 0.25) is 0 Å². The molecule has 0 radical (unpaired) electrons. The Morgan fingerprint density at radius 1 is 1.17 bits per heavy atom. The van der Waals surface area contributed by atoms with E-state index in [0.717, 1.165) is 44.5 Å². The maximum Gasteiger partial charge on any atom is 0.419 e. The number of carbonyl (C=O) groups excluding carboxylic acids is 1. The van der Waals surface area contributed by atoms with Gasteiger partial charge in [-0.3, -0.25) is 0 Å². The Morgan fingerprint density at radius 3 is 2.50 bits per heavy atom. The Balaban J connectivity index is 1.75. The number of cyclic esters (lactones) is 1. The monoisotopic (exact) mass is 594 g/mol. The topological polar surface area (TPSA) is 92.7 Å². The quantitative estimate of drug-likeness (QED) is 0.143. The highest BCUT2D eigenvalue weighted by molar-refractivity contribution is 5.95. The second-order valence-corrected chi connectivity index (χ2v) is 11.2. The van der Waals surface area contributed by atoms with Crippen LogP contribution in [0, 0.1) is 0 Å². The molecule has 0 aromatic heterocycles. The van der Waals surface area contributed by atoms with Crippen LogP contribution >= 0.6 is 0 Å². The van der Waals surface area contributed by atoms with Crippen molar-refractivity contribution in [2.75, 3.05) is 69.7 Å². The highest BCUT2D eigenvalue weighted by Gasteiger charge is 2.36. The van der Waals surface area contributed by atoms with E-state index in [0.29, 0.717) is 43.8 Å². The summed E-state index contributed by atoms with van der Waals surface area (Å²) in [6, 6.07) is 5.70. The van der Waals surface area contributed by atoms with Gasteiger partial charge in [0, 0.05) is 74.6 Å². The maximum absolute atomic E-state index is 14.1. The SMILES string of the molecule is CC/C=C(NCCCN1CCCOC1=O)/C(=C\N=C(C)Nc1ccc(N2CCN(C)CC2)cc1C(C)(C)O)C(F)(F)F. The maximum atomic E-state index is 14.1. The highest BCUT2D eigenvalue weighted by Crippen LogP contribution is 2.33. The fourth-order valence-electron chi connectivity index (χ4n) is 4.87. The second-order valence-electron chi connectivity index (χ2n) is 11.2. The van der Waals surface area contributed by atoms with Crippen LogP contribution in [0.1, 0.15) is 52.5 Å². The summed E-state index contributed by atoms with van der Waals surface area (Å²) in [5, 5.41) is 16.9. The number of alkyl halides is 3. The minimum atomic E-state index is -4.64. The third-order valence-electron chi connectivity index (χ3n) is 7.21. The summed E-state index contributed by atoms with van der Waals surface area (Å²) in [5.74, 6) is 0.244. The van der Waals surface area contributed by atoms with Crippen LogP contribution < -0.4 is 15.5 Å². The predicted molar refractivity (Wildman–Crippen MR) is 161 cm³/mol. The minimum absolute atomic E-state index is 0.0588. The van der Waals surface area contributed by atoms with Crippen LogP contribution in [0.3, 0.4) is 0 Å². The molecule has 2 heterocycles. The van der Waals surface area contributed by atoms with Gasteiger partial charge in [-0.15, -0.1) is 0 Å². The first kappa shape index (κ1) is 33.3. The van der Waals surface area contributed by atoms with Gasteiger partial charge in [-0.25, -0.2) is 9.79 Å². The number of carbonyl (C=O) groups is 1. The number of amidine groups is 1. The Bertz CT molecular complexity index is 1150. The summed E-state index contributed by atoms with van der Waals surface area (Å²) < 4.78 is 47.4. The van der Waals surface area contributed by atoms with Gasteiger partial charge in [0.15, 0.2) is 0 Å². The lowest BCUT2D eigenvalue weighted by atomic mass is 9.95. The third-order valence-corrected chi connectivity index (χ3v) is 7.21. The molecular formula is C30H45F3N6O3. The van der Waals surface area contributed by atoms with Crippen LogP contribution in [-0.4, -0.2) is 92.5 Å². The van der Waals surface area contributed by atoms with Crippen LogP contribution in [0.15, 0.2) is 46.7 Å². The zero-order valence-electron chi connectivity index (χ0n) is 25.4. The number of hydrogen-bond acceptors (Lipinski definition) is 7. The number of amides is 1. The number of halogens is 3. The first-order valence-electron chi connectivity index (χ1n) is 14.5. The molecule has 0 aliphatic carbocycles.